The molecule has 0 atom stereocenters. The molecule has 0 radical (unpaired) electrons. The van der Waals surface area contributed by atoms with E-state index in [0.29, 0.717) is 0 Å². The molecule has 0 saturated heterocycles. The van der Waals surface area contributed by atoms with Gasteiger partial charge in [-0.05, 0) is 23.1 Å². The van der Waals surface area contributed by atoms with Crippen LogP contribution in [0.5, 0.6) is 0 Å². The first kappa shape index (κ1) is 17.0. The van der Waals surface area contributed by atoms with E-state index in [-0.39, 0.29) is 0 Å². The fourth-order valence-corrected chi connectivity index (χ4v) is 2.85. The minimum atomic E-state index is 0.798. The molecule has 2 heteroatoms. The van der Waals surface area contributed by atoms with E-state index in [2.05, 4.69) is 96.9 Å². The van der Waals surface area contributed by atoms with E-state index in [0.717, 1.165) is 25.2 Å². The van der Waals surface area contributed by atoms with Gasteiger partial charge in [-0.1, -0.05) is 97.9 Å². The quantitative estimate of drug-likeness (QED) is 0.413. The molecular formula is C23H24N2. The first-order chi connectivity index (χ1) is 12.3. The van der Waals surface area contributed by atoms with Gasteiger partial charge in [0.1, 0.15) is 0 Å². The second-order valence-corrected chi connectivity index (χ2v) is 6.06. The van der Waals surface area contributed by atoms with E-state index in [4.69, 9.17) is 5.10 Å². The lowest BCUT2D eigenvalue weighted by atomic mass is 10.1. The maximum Gasteiger partial charge on any atom is 0.0675 e. The van der Waals surface area contributed by atoms with Crippen LogP contribution < -0.4 is 0 Å². The summed E-state index contributed by atoms with van der Waals surface area (Å²) in [4.78, 5) is 0. The molecule has 3 rings (SSSR count). The van der Waals surface area contributed by atoms with Gasteiger partial charge in [0, 0.05) is 0 Å². The summed E-state index contributed by atoms with van der Waals surface area (Å²) in [5.41, 5.74) is 4.85. The summed E-state index contributed by atoms with van der Waals surface area (Å²) in [7, 11) is 0. The molecule has 0 unspecified atom stereocenters. The van der Waals surface area contributed by atoms with Crippen LogP contribution in [0.25, 0.3) is 0 Å². The van der Waals surface area contributed by atoms with Gasteiger partial charge in [0.25, 0.3) is 0 Å². The highest BCUT2D eigenvalue weighted by Crippen LogP contribution is 2.13. The van der Waals surface area contributed by atoms with Gasteiger partial charge in [0.2, 0.25) is 0 Å². The molecule has 0 bridgehead atoms. The average molecular weight is 328 g/mol. The Morgan fingerprint density at radius 1 is 0.680 bits per heavy atom. The van der Waals surface area contributed by atoms with Crippen LogP contribution in [-0.2, 0) is 13.1 Å². The van der Waals surface area contributed by atoms with Crippen molar-refractivity contribution < 1.29 is 0 Å². The Labute approximate surface area is 150 Å². The van der Waals surface area contributed by atoms with Gasteiger partial charge >= 0.3 is 0 Å². The topological polar surface area (TPSA) is 15.6 Å². The Morgan fingerprint density at radius 2 is 1.12 bits per heavy atom. The molecule has 0 heterocycles. The van der Waals surface area contributed by atoms with E-state index in [1.165, 1.54) is 16.7 Å². The first-order valence-corrected chi connectivity index (χ1v) is 8.81. The molecule has 3 aromatic rings. The van der Waals surface area contributed by atoms with Gasteiger partial charge in [-0.15, -0.1) is 0 Å². The molecule has 0 spiro atoms. The molecular weight excluding hydrogens is 304 g/mol. The zero-order valence-electron chi connectivity index (χ0n) is 14.7. The van der Waals surface area contributed by atoms with Gasteiger partial charge in [0.05, 0.1) is 18.8 Å². The van der Waals surface area contributed by atoms with Crippen molar-refractivity contribution in [3.63, 3.8) is 0 Å². The molecule has 0 amide bonds. The molecule has 2 nitrogen and oxygen atoms in total. The van der Waals surface area contributed by atoms with Crippen molar-refractivity contribution in [1.82, 2.24) is 5.01 Å². The van der Waals surface area contributed by atoms with Crippen molar-refractivity contribution in [2.24, 2.45) is 5.10 Å². The third-order valence-electron chi connectivity index (χ3n) is 4.12. The normalized spacial score (nSPS) is 11.3. The van der Waals surface area contributed by atoms with Crippen LogP contribution in [0.15, 0.2) is 96.1 Å². The van der Waals surface area contributed by atoms with Gasteiger partial charge < -0.3 is 0 Å². The Hall–Kier alpha value is -2.87. The van der Waals surface area contributed by atoms with E-state index in [1.54, 1.807) is 0 Å². The van der Waals surface area contributed by atoms with Gasteiger partial charge in [0.15, 0.2) is 0 Å². The van der Waals surface area contributed by atoms with Crippen LogP contribution in [0.2, 0.25) is 0 Å². The molecule has 0 aliphatic rings. The monoisotopic (exact) mass is 328 g/mol. The maximum atomic E-state index is 5.01. The fraction of sp³-hybridized carbons (Fsp3) is 0.174. The minimum absolute atomic E-state index is 0.798. The van der Waals surface area contributed by atoms with Crippen LogP contribution in [0, 0.1) is 0 Å². The van der Waals surface area contributed by atoms with Crippen molar-refractivity contribution >= 4 is 5.71 Å². The average Bonchev–Trinajstić information content (AvgIpc) is 2.68. The SMILES string of the molecule is CC/C(=N\N(Cc1ccccc1)Cc1ccccc1)c1ccccc1. The van der Waals surface area contributed by atoms with Gasteiger partial charge in [-0.25, -0.2) is 0 Å². The van der Waals surface area contributed by atoms with Crippen molar-refractivity contribution in [1.29, 1.82) is 0 Å². The van der Waals surface area contributed by atoms with Gasteiger partial charge in [-0.3, -0.25) is 5.01 Å². The van der Waals surface area contributed by atoms with E-state index >= 15 is 0 Å². The molecule has 126 valence electrons. The molecule has 0 aliphatic carbocycles. The van der Waals surface area contributed by atoms with Gasteiger partial charge in [-0.2, -0.15) is 5.10 Å². The van der Waals surface area contributed by atoms with Crippen molar-refractivity contribution in [2.45, 2.75) is 26.4 Å². The highest BCUT2D eigenvalue weighted by atomic mass is 15.4. The third-order valence-corrected chi connectivity index (χ3v) is 4.12. The predicted octanol–water partition coefficient (Wildman–Crippen LogP) is 5.50. The minimum Gasteiger partial charge on any atom is -0.288 e. The Morgan fingerprint density at radius 3 is 1.56 bits per heavy atom. The Kier molecular flexibility index (Phi) is 6.00. The number of hydrazone groups is 1. The lowest BCUT2D eigenvalue weighted by Gasteiger charge is -2.21. The highest BCUT2D eigenvalue weighted by molar-refractivity contribution is 6.00. The maximum absolute atomic E-state index is 5.01. The second-order valence-electron chi connectivity index (χ2n) is 6.06. The summed E-state index contributed by atoms with van der Waals surface area (Å²) in [5, 5.41) is 7.17. The Bertz CT molecular complexity index is 739. The van der Waals surface area contributed by atoms with Crippen LogP contribution >= 0.6 is 0 Å². The predicted molar refractivity (Wildman–Crippen MR) is 105 cm³/mol. The number of rotatable bonds is 7. The summed E-state index contributed by atoms with van der Waals surface area (Å²) in [6, 6.07) is 31.5. The number of nitrogens with zero attached hydrogens (tertiary/aromatic N) is 2. The van der Waals surface area contributed by atoms with E-state index < -0.39 is 0 Å². The number of hydrogen-bond acceptors (Lipinski definition) is 2. The summed E-state index contributed by atoms with van der Waals surface area (Å²) < 4.78 is 0. The number of benzene rings is 3. The summed E-state index contributed by atoms with van der Waals surface area (Å²) >= 11 is 0. The summed E-state index contributed by atoms with van der Waals surface area (Å²) in [6.45, 7) is 3.76. The molecule has 0 fully saturated rings. The van der Waals surface area contributed by atoms with Crippen molar-refractivity contribution in [2.75, 3.05) is 0 Å². The van der Waals surface area contributed by atoms with Crippen LogP contribution in [0.4, 0.5) is 0 Å². The second kappa shape index (κ2) is 8.84. The smallest absolute Gasteiger partial charge is 0.0675 e. The third kappa shape index (κ3) is 5.05. The molecule has 3 aromatic carbocycles. The standard InChI is InChI=1S/C23H24N2/c1-2-23(22-16-10-5-11-17-22)24-25(18-20-12-6-3-7-13-20)19-21-14-8-4-9-15-21/h3-17H,2,18-19H2,1H3/b24-23+. The molecule has 0 aromatic heterocycles. The van der Waals surface area contributed by atoms with Crippen molar-refractivity contribution in [3.8, 4) is 0 Å². The molecule has 0 saturated carbocycles. The Balaban J connectivity index is 1.88. The van der Waals surface area contributed by atoms with Crippen LogP contribution in [0.1, 0.15) is 30.0 Å². The zero-order valence-corrected chi connectivity index (χ0v) is 14.7. The summed E-state index contributed by atoms with van der Waals surface area (Å²) in [6.07, 6.45) is 0.907. The summed E-state index contributed by atoms with van der Waals surface area (Å²) in [5.74, 6) is 0. The lowest BCUT2D eigenvalue weighted by molar-refractivity contribution is 0.270. The fourth-order valence-electron chi connectivity index (χ4n) is 2.85. The highest BCUT2D eigenvalue weighted by Gasteiger charge is 2.08. The molecule has 0 N–H and O–H groups in total. The van der Waals surface area contributed by atoms with E-state index in [1.807, 2.05) is 6.07 Å². The number of hydrogen-bond donors (Lipinski definition) is 0. The molecule has 25 heavy (non-hydrogen) atoms. The largest absolute Gasteiger partial charge is 0.288 e. The van der Waals surface area contributed by atoms with Crippen LogP contribution in [0.3, 0.4) is 0 Å². The van der Waals surface area contributed by atoms with E-state index in [9.17, 15) is 0 Å². The van der Waals surface area contributed by atoms with Crippen LogP contribution in [-0.4, -0.2) is 10.7 Å². The zero-order chi connectivity index (χ0) is 17.3. The molecule has 0 aliphatic heterocycles. The van der Waals surface area contributed by atoms with Crippen molar-refractivity contribution in [3.05, 3.63) is 108 Å². The first-order valence-electron chi connectivity index (χ1n) is 8.81. The lowest BCUT2D eigenvalue weighted by Crippen LogP contribution is -2.19.